The average Bonchev–Trinajstić information content (AvgIpc) is 1.62. The molecule has 4 saturated carbocycles. The number of rotatable bonds is 19. The Balaban J connectivity index is 0.000000124. The fourth-order valence-electron chi connectivity index (χ4n) is 13.4. The number of fused-ring (bicyclic) bond motifs is 4. The van der Waals surface area contributed by atoms with Crippen LogP contribution in [0.15, 0.2) is 191 Å². The normalized spacial score (nSPS) is 14.1. The van der Waals surface area contributed by atoms with Crippen molar-refractivity contribution >= 4 is 114 Å². The first-order valence-corrected chi connectivity index (χ1v) is 40.7. The van der Waals surface area contributed by atoms with Gasteiger partial charge in [-0.05, 0) is 248 Å². The number of nitrogens with zero attached hydrogens (tertiary/aromatic N) is 8. The van der Waals surface area contributed by atoms with Crippen LogP contribution in [0.4, 0.5) is 23.2 Å². The minimum Gasteiger partial charge on any atom is -0.398 e. The number of aromatic nitrogens is 8. The Bertz CT molecular complexity index is 6030. The monoisotopic (exact) mass is 1580 g/mol. The molecule has 0 aliphatic heterocycles. The number of thioether (sulfide) groups is 1. The molecular formula is C81H75ClF4N14O8S3. The van der Waals surface area contributed by atoms with E-state index < -0.39 is 30.7 Å². The number of carbonyl (C=O) groups excluding carboxylic acids is 4. The van der Waals surface area contributed by atoms with Crippen LogP contribution in [0.2, 0.25) is 0 Å². The van der Waals surface area contributed by atoms with E-state index in [0.717, 1.165) is 66.1 Å². The van der Waals surface area contributed by atoms with E-state index in [4.69, 9.17) is 21.5 Å². The van der Waals surface area contributed by atoms with E-state index in [-0.39, 0.29) is 74.8 Å². The summed E-state index contributed by atoms with van der Waals surface area (Å²) in [4.78, 5) is 51.9. The van der Waals surface area contributed by atoms with Gasteiger partial charge in [0, 0.05) is 83.3 Å². The average molecular weight is 1580 g/mol. The first kappa shape index (κ1) is 76.5. The summed E-state index contributed by atoms with van der Waals surface area (Å²) in [5.74, 6) is -0.528. The van der Waals surface area contributed by atoms with Crippen LogP contribution >= 0.6 is 22.4 Å². The number of halogens is 5. The molecule has 0 radical (unpaired) electrons. The number of sulfonamides is 1. The van der Waals surface area contributed by atoms with Gasteiger partial charge in [-0.15, -0.1) is 11.8 Å². The number of carbonyl (C=O) groups is 4. The Kier molecular flexibility index (Phi) is 21.8. The molecule has 22 nitrogen and oxygen atoms in total. The molecule has 0 atom stereocenters. The number of anilines is 1. The standard InChI is InChI=1S/C25H22FN3OS.C20H21FN4O3S.C18H15ClFN3O3S.C18H17FN4O/c1-27-25(30)24-21-13-20(17-7-8-17)23(31-15-16-5-3-2-4-6-16)14-22(21)28-29(24)19-11-9-18(26)10-12-19;1-3-23-29(27,28)18-11-17-16(10-15(18)12-4-5-12)19(20(26)22-2)25(24-17)14-8-6-13(21)7-9-14;1-21-18(24)17-14-8-13(10-2-3-10)16(27(19,25)26)9-15(14)22-23(17)12-6-4-11(20)5-7-12;1-21-18(24)17-14-8-13(10-2-3-10)15(20)9-16(14)22-23(17)12-6-4-11(19)5-7-12/h2-6,9-14,17H,7-8,15H2,1H3,(H,27,30);6-12,23H,3-5H2,1-2H3,(H,22,26);4-10H,2-3H2,1H3,(H,21,24);4-10H,2-3,20H2,1H3,(H,21,24). The quantitative estimate of drug-likeness (QED) is 0.0190. The van der Waals surface area contributed by atoms with Gasteiger partial charge in [-0.1, -0.05) is 37.3 Å². The van der Waals surface area contributed by atoms with E-state index in [1.165, 1.54) is 137 Å². The molecule has 0 bridgehead atoms. The lowest BCUT2D eigenvalue weighted by molar-refractivity contribution is 0.0949. The molecule has 13 aromatic rings. The molecule has 4 aliphatic carbocycles. The first-order chi connectivity index (χ1) is 53.4. The fraction of sp³-hybridized carbons (Fsp3) is 0.235. The van der Waals surface area contributed by atoms with Gasteiger partial charge in [-0.25, -0.2) is 57.8 Å². The minimum absolute atomic E-state index is 0.0198. The first-order valence-electron chi connectivity index (χ1n) is 35.9. The van der Waals surface area contributed by atoms with Crippen LogP contribution in [0.1, 0.15) is 152 Å². The zero-order valence-electron chi connectivity index (χ0n) is 60.7. The highest BCUT2D eigenvalue weighted by Crippen LogP contribution is 2.49. The third-order valence-corrected chi connectivity index (χ3v) is 23.7. The summed E-state index contributed by atoms with van der Waals surface area (Å²) in [6.45, 7) is 2.00. The van der Waals surface area contributed by atoms with Crippen LogP contribution in [0.5, 0.6) is 0 Å². The van der Waals surface area contributed by atoms with Gasteiger partial charge in [0.05, 0.1) is 54.6 Å². The number of hydrogen-bond acceptors (Lipinski definition) is 14. The van der Waals surface area contributed by atoms with Crippen molar-refractivity contribution in [3.63, 3.8) is 0 Å². The third-order valence-electron chi connectivity index (χ3n) is 19.5. The van der Waals surface area contributed by atoms with Crippen molar-refractivity contribution in [1.29, 1.82) is 0 Å². The van der Waals surface area contributed by atoms with Gasteiger partial charge in [-0.3, -0.25) is 19.2 Å². The highest BCUT2D eigenvalue weighted by atomic mass is 35.7. The van der Waals surface area contributed by atoms with E-state index in [1.807, 2.05) is 30.0 Å². The van der Waals surface area contributed by atoms with E-state index >= 15 is 0 Å². The smallest absolute Gasteiger partial charge is 0.270 e. The topological polar surface area (TPSA) is 294 Å². The molecule has 4 aromatic heterocycles. The molecule has 0 unspecified atom stereocenters. The zero-order valence-corrected chi connectivity index (χ0v) is 63.9. The summed E-state index contributed by atoms with van der Waals surface area (Å²) in [5.41, 5.74) is 17.6. The summed E-state index contributed by atoms with van der Waals surface area (Å²) >= 11 is 1.81. The molecule has 4 aliphatic rings. The number of nitrogens with one attached hydrogen (secondary N) is 5. The van der Waals surface area contributed by atoms with Gasteiger partial charge in [0.1, 0.15) is 46.0 Å². The predicted molar refractivity (Wildman–Crippen MR) is 420 cm³/mol. The Labute approximate surface area is 644 Å². The molecule has 111 heavy (non-hydrogen) atoms. The largest absolute Gasteiger partial charge is 0.398 e. The molecule has 4 heterocycles. The van der Waals surface area contributed by atoms with Crippen LogP contribution in [-0.2, 0) is 24.8 Å². The van der Waals surface area contributed by atoms with E-state index in [2.05, 4.69) is 77.7 Å². The summed E-state index contributed by atoms with van der Waals surface area (Å²) in [7, 11) is 4.18. The second-order valence-electron chi connectivity index (χ2n) is 27.3. The second kappa shape index (κ2) is 31.6. The molecule has 4 amide bonds. The van der Waals surface area contributed by atoms with Gasteiger partial charge in [0.15, 0.2) is 0 Å². The molecule has 4 fully saturated rings. The van der Waals surface area contributed by atoms with Crippen LogP contribution in [-0.4, -0.2) is 114 Å². The van der Waals surface area contributed by atoms with Crippen molar-refractivity contribution in [3.05, 3.63) is 250 Å². The Hall–Kier alpha value is -11.2. The van der Waals surface area contributed by atoms with E-state index in [0.29, 0.717) is 90.1 Å². The van der Waals surface area contributed by atoms with Gasteiger partial charge in [0.25, 0.3) is 32.7 Å². The highest BCUT2D eigenvalue weighted by molar-refractivity contribution is 8.13. The molecular weight excluding hydrogens is 1500 g/mol. The summed E-state index contributed by atoms with van der Waals surface area (Å²) in [6.07, 6.45) is 8.13. The van der Waals surface area contributed by atoms with Crippen LogP contribution in [0, 0.1) is 23.3 Å². The molecule has 9 aromatic carbocycles. The molecule has 0 spiro atoms. The van der Waals surface area contributed by atoms with Crippen LogP contribution in [0.3, 0.4) is 0 Å². The number of amides is 4. The van der Waals surface area contributed by atoms with Gasteiger partial charge in [0.2, 0.25) is 10.0 Å². The fourth-order valence-corrected chi connectivity index (χ4v) is 17.0. The number of nitrogen functional groups attached to an aromatic ring is 1. The molecule has 0 saturated heterocycles. The van der Waals surface area contributed by atoms with Crippen molar-refractivity contribution in [2.75, 3.05) is 40.5 Å². The lowest BCUT2D eigenvalue weighted by atomic mass is 10.0. The predicted octanol–water partition coefficient (Wildman–Crippen LogP) is 14.7. The van der Waals surface area contributed by atoms with Crippen molar-refractivity contribution in [3.8, 4) is 22.7 Å². The number of hydrogen-bond donors (Lipinski definition) is 6. The molecule has 570 valence electrons. The van der Waals surface area contributed by atoms with Crippen LogP contribution in [0.25, 0.3) is 66.4 Å². The SMILES string of the molecule is CCNS(=O)(=O)c1cc2nn(-c3ccc(F)cc3)c(C(=O)NC)c2cc1C1CC1.CNC(=O)c1c2cc(C3CC3)c(N)cc2nn1-c1ccc(F)cc1.CNC(=O)c1c2cc(C3CC3)c(S(=O)(=O)Cl)cc2nn1-c1ccc(F)cc1.CNC(=O)c1c2cc(C3CC3)c(SCc3ccccc3)cc2nn1-c1ccc(F)cc1. The van der Waals surface area contributed by atoms with Crippen molar-refractivity contribution < 1.29 is 53.6 Å². The minimum atomic E-state index is -3.96. The lowest BCUT2D eigenvalue weighted by Crippen LogP contribution is -2.24. The van der Waals surface area contributed by atoms with Gasteiger partial charge < -0.3 is 27.0 Å². The summed E-state index contributed by atoms with van der Waals surface area (Å²) in [6, 6.07) is 47.8. The highest BCUT2D eigenvalue weighted by Gasteiger charge is 2.36. The van der Waals surface area contributed by atoms with Gasteiger partial charge >= 0.3 is 0 Å². The van der Waals surface area contributed by atoms with Gasteiger partial charge in [-0.2, -0.15) is 20.4 Å². The molecule has 17 rings (SSSR count). The third kappa shape index (κ3) is 16.4. The lowest BCUT2D eigenvalue weighted by Gasteiger charge is -2.11. The number of benzene rings is 9. The molecule has 30 heteroatoms. The summed E-state index contributed by atoms with van der Waals surface area (Å²) in [5, 5.41) is 31.3. The van der Waals surface area contributed by atoms with E-state index in [1.54, 1.807) is 66.8 Å². The second-order valence-corrected chi connectivity index (χ2v) is 32.6. The van der Waals surface area contributed by atoms with Crippen LogP contribution < -0.4 is 31.7 Å². The van der Waals surface area contributed by atoms with E-state index in [9.17, 15) is 53.6 Å². The Morgan fingerprint density at radius 1 is 0.432 bits per heavy atom. The maximum Gasteiger partial charge on any atom is 0.270 e. The number of nitrogens with two attached hydrogens (primary N) is 1. The zero-order chi connectivity index (χ0) is 78.3. The Morgan fingerprint density at radius 3 is 1.08 bits per heavy atom. The van der Waals surface area contributed by atoms with Crippen molar-refractivity contribution in [2.24, 2.45) is 0 Å². The maximum atomic E-state index is 13.4. The summed E-state index contributed by atoms with van der Waals surface area (Å²) < 4.78 is 111. The Morgan fingerprint density at radius 2 is 0.739 bits per heavy atom. The maximum absolute atomic E-state index is 13.4. The molecule has 7 N–H and O–H groups in total. The van der Waals surface area contributed by atoms with Crippen molar-refractivity contribution in [1.82, 2.24) is 65.1 Å². The van der Waals surface area contributed by atoms with Crippen molar-refractivity contribution in [2.45, 2.75) is 102 Å².